The van der Waals surface area contributed by atoms with Crippen LogP contribution in [0.25, 0.3) is 6.08 Å². The van der Waals surface area contributed by atoms with Gasteiger partial charge < -0.3 is 15.4 Å². The summed E-state index contributed by atoms with van der Waals surface area (Å²) >= 11 is 0.871. The first-order chi connectivity index (χ1) is 16.5. The maximum absolute atomic E-state index is 11.7. The largest absolute Gasteiger partial charge is 0.465 e. The number of benzene rings is 1. The molecule has 1 saturated heterocycles. The van der Waals surface area contributed by atoms with Gasteiger partial charge in [0, 0.05) is 18.3 Å². The molecule has 4 rings (SSSR count). The first-order valence-corrected chi connectivity index (χ1v) is 12.1. The summed E-state index contributed by atoms with van der Waals surface area (Å²) in [6.07, 6.45) is 8.17. The Kier molecular flexibility index (Phi) is 7.91. The molecule has 0 bridgehead atoms. The van der Waals surface area contributed by atoms with Crippen LogP contribution in [0.4, 0.5) is 10.7 Å². The van der Waals surface area contributed by atoms with Crippen LogP contribution in [0.15, 0.2) is 41.4 Å². The van der Waals surface area contributed by atoms with Gasteiger partial charge in [-0.15, -0.1) is 0 Å². The fourth-order valence-electron chi connectivity index (χ4n) is 4.09. The lowest BCUT2D eigenvalue weighted by Gasteiger charge is -2.29. The van der Waals surface area contributed by atoms with Gasteiger partial charge in [0.15, 0.2) is 0 Å². The Morgan fingerprint density at radius 1 is 1.21 bits per heavy atom. The van der Waals surface area contributed by atoms with E-state index in [1.54, 1.807) is 24.4 Å². The zero-order chi connectivity index (χ0) is 23.9. The van der Waals surface area contributed by atoms with Gasteiger partial charge in [0.25, 0.3) is 11.1 Å². The van der Waals surface area contributed by atoms with Gasteiger partial charge in [-0.25, -0.2) is 14.8 Å². The van der Waals surface area contributed by atoms with E-state index >= 15 is 0 Å². The van der Waals surface area contributed by atoms with Crippen LogP contribution in [0.5, 0.6) is 0 Å². The van der Waals surface area contributed by atoms with E-state index in [9.17, 15) is 14.4 Å². The second-order valence-electron chi connectivity index (χ2n) is 8.25. The first-order valence-electron chi connectivity index (χ1n) is 11.3. The van der Waals surface area contributed by atoms with Gasteiger partial charge >= 0.3 is 5.97 Å². The van der Waals surface area contributed by atoms with Crippen molar-refractivity contribution in [1.29, 1.82) is 0 Å². The molecule has 2 amide bonds. The highest BCUT2D eigenvalue weighted by Gasteiger charge is 2.25. The number of aromatic nitrogens is 2. The SMILES string of the molecule is COC(=O)c1cccc(CCNC2CCC(Nc3nccc(/C=C4\SC(=O)NC4=O)n3)CC2)c1. The van der Waals surface area contributed by atoms with Crippen LogP contribution in [0.3, 0.4) is 0 Å². The van der Waals surface area contributed by atoms with Crippen molar-refractivity contribution in [3.8, 4) is 0 Å². The molecule has 1 aromatic heterocycles. The molecule has 1 aliphatic heterocycles. The van der Waals surface area contributed by atoms with Crippen molar-refractivity contribution in [2.45, 2.75) is 44.2 Å². The third-order valence-corrected chi connectivity index (χ3v) is 6.66. The minimum atomic E-state index is -0.398. The van der Waals surface area contributed by atoms with Gasteiger partial charge in [-0.1, -0.05) is 12.1 Å². The maximum atomic E-state index is 11.7. The average molecular weight is 482 g/mol. The Labute approximate surface area is 202 Å². The maximum Gasteiger partial charge on any atom is 0.337 e. The number of methoxy groups -OCH3 is 1. The molecule has 0 spiro atoms. The van der Waals surface area contributed by atoms with Crippen molar-refractivity contribution in [3.05, 3.63) is 58.3 Å². The van der Waals surface area contributed by atoms with Gasteiger partial charge in [-0.3, -0.25) is 14.9 Å². The fraction of sp³-hybridized carbons (Fsp3) is 0.375. The van der Waals surface area contributed by atoms with E-state index in [-0.39, 0.29) is 17.3 Å². The second kappa shape index (κ2) is 11.3. The Bertz CT molecular complexity index is 1100. The summed E-state index contributed by atoms with van der Waals surface area (Å²) in [5, 5.41) is 8.88. The molecule has 2 fully saturated rings. The molecule has 2 aliphatic rings. The molecule has 1 saturated carbocycles. The van der Waals surface area contributed by atoms with E-state index in [4.69, 9.17) is 4.74 Å². The van der Waals surface area contributed by atoms with Crippen LogP contribution in [0.1, 0.15) is 47.3 Å². The van der Waals surface area contributed by atoms with Crippen LogP contribution in [-0.4, -0.2) is 52.8 Å². The number of ether oxygens (including phenoxy) is 1. The first kappa shape index (κ1) is 23.9. The van der Waals surface area contributed by atoms with Gasteiger partial charge in [-0.05, 0) is 80.2 Å². The van der Waals surface area contributed by atoms with Crippen molar-refractivity contribution in [1.82, 2.24) is 20.6 Å². The number of carbonyl (C=O) groups excluding carboxylic acids is 3. The van der Waals surface area contributed by atoms with Crippen molar-refractivity contribution >= 4 is 40.9 Å². The standard InChI is InChI=1S/C24H27N5O4S/c1-33-22(31)16-4-2-3-15(13-16)9-11-25-17-5-7-18(8-6-17)27-23-26-12-10-19(28-23)14-20-21(30)29-24(32)34-20/h2-4,10,12-14,17-18,25H,5-9,11H2,1H3,(H,26,27,28)(H,29,30,32)/b20-14-. The van der Waals surface area contributed by atoms with Gasteiger partial charge in [-0.2, -0.15) is 0 Å². The number of thioether (sulfide) groups is 1. The average Bonchev–Trinajstić information content (AvgIpc) is 3.16. The fourth-order valence-corrected chi connectivity index (χ4v) is 4.76. The molecule has 1 aromatic carbocycles. The number of nitrogens with one attached hydrogen (secondary N) is 3. The monoisotopic (exact) mass is 481 g/mol. The lowest BCUT2D eigenvalue weighted by atomic mass is 9.91. The lowest BCUT2D eigenvalue weighted by Crippen LogP contribution is -2.38. The normalized spacial score (nSPS) is 21.4. The quantitative estimate of drug-likeness (QED) is 0.385. The summed E-state index contributed by atoms with van der Waals surface area (Å²) in [5.74, 6) is -0.194. The highest BCUT2D eigenvalue weighted by atomic mass is 32.2. The Balaban J connectivity index is 1.22. The highest BCUT2D eigenvalue weighted by molar-refractivity contribution is 8.18. The Morgan fingerprint density at radius 2 is 2.00 bits per heavy atom. The second-order valence-corrected chi connectivity index (χ2v) is 9.26. The summed E-state index contributed by atoms with van der Waals surface area (Å²) in [6, 6.07) is 9.99. The summed E-state index contributed by atoms with van der Waals surface area (Å²) in [6.45, 7) is 0.849. The molecular formula is C24H27N5O4S. The number of rotatable bonds is 8. The number of hydrogen-bond acceptors (Lipinski definition) is 9. The molecule has 0 atom stereocenters. The smallest absolute Gasteiger partial charge is 0.337 e. The summed E-state index contributed by atoms with van der Waals surface area (Å²) in [7, 11) is 1.39. The zero-order valence-corrected chi connectivity index (χ0v) is 19.7. The number of hydrogen-bond donors (Lipinski definition) is 3. The van der Waals surface area contributed by atoms with Crippen LogP contribution in [-0.2, 0) is 16.0 Å². The van der Waals surface area contributed by atoms with Gasteiger partial charge in [0.2, 0.25) is 5.95 Å². The van der Waals surface area contributed by atoms with E-state index in [0.717, 1.165) is 56.0 Å². The lowest BCUT2D eigenvalue weighted by molar-refractivity contribution is -0.115. The van der Waals surface area contributed by atoms with Gasteiger partial charge in [0.1, 0.15) is 0 Å². The third-order valence-electron chi connectivity index (χ3n) is 5.85. The Morgan fingerprint density at radius 3 is 2.74 bits per heavy atom. The molecule has 0 unspecified atom stereocenters. The zero-order valence-electron chi connectivity index (χ0n) is 18.9. The number of nitrogens with zero attached hydrogens (tertiary/aromatic N) is 2. The molecular weight excluding hydrogens is 454 g/mol. The van der Waals surface area contributed by atoms with E-state index in [2.05, 4.69) is 25.9 Å². The van der Waals surface area contributed by atoms with E-state index in [0.29, 0.717) is 28.2 Å². The highest BCUT2D eigenvalue weighted by Crippen LogP contribution is 2.25. The minimum Gasteiger partial charge on any atom is -0.465 e. The molecule has 34 heavy (non-hydrogen) atoms. The van der Waals surface area contributed by atoms with Crippen LogP contribution in [0.2, 0.25) is 0 Å². The van der Waals surface area contributed by atoms with E-state index in [1.165, 1.54) is 7.11 Å². The van der Waals surface area contributed by atoms with E-state index < -0.39 is 5.91 Å². The number of imide groups is 1. The molecule has 9 nitrogen and oxygen atoms in total. The minimum absolute atomic E-state index is 0.281. The predicted molar refractivity (Wildman–Crippen MR) is 130 cm³/mol. The van der Waals surface area contributed by atoms with Crippen molar-refractivity contribution in [3.63, 3.8) is 0 Å². The van der Waals surface area contributed by atoms with Crippen LogP contribution >= 0.6 is 11.8 Å². The van der Waals surface area contributed by atoms with Crippen molar-refractivity contribution in [2.75, 3.05) is 19.0 Å². The van der Waals surface area contributed by atoms with Crippen LogP contribution in [0, 0.1) is 0 Å². The molecule has 0 radical (unpaired) electrons. The molecule has 3 N–H and O–H groups in total. The van der Waals surface area contributed by atoms with Gasteiger partial charge in [0.05, 0.1) is 23.3 Å². The summed E-state index contributed by atoms with van der Waals surface area (Å²) in [5.41, 5.74) is 2.26. The topological polar surface area (TPSA) is 122 Å². The number of esters is 1. The molecule has 178 valence electrons. The van der Waals surface area contributed by atoms with Crippen molar-refractivity contribution < 1.29 is 19.1 Å². The molecule has 1 aliphatic carbocycles. The third kappa shape index (κ3) is 6.42. The number of carbonyl (C=O) groups is 3. The van der Waals surface area contributed by atoms with E-state index in [1.807, 2.05) is 18.2 Å². The molecule has 10 heteroatoms. The molecule has 2 heterocycles. The predicted octanol–water partition coefficient (Wildman–Crippen LogP) is 3.14. The van der Waals surface area contributed by atoms with Crippen LogP contribution < -0.4 is 16.0 Å². The molecule has 2 aromatic rings. The number of anilines is 1. The van der Waals surface area contributed by atoms with Crippen molar-refractivity contribution in [2.24, 2.45) is 0 Å². The summed E-state index contributed by atoms with van der Waals surface area (Å²) in [4.78, 5) is 43.8. The Hall–Kier alpha value is -3.24. The summed E-state index contributed by atoms with van der Waals surface area (Å²) < 4.78 is 4.79. The number of amides is 2.